The van der Waals surface area contributed by atoms with Gasteiger partial charge in [0.05, 0.1) is 6.04 Å². The summed E-state index contributed by atoms with van der Waals surface area (Å²) in [4.78, 5) is 26.4. The second kappa shape index (κ2) is 5.40. The summed E-state index contributed by atoms with van der Waals surface area (Å²) in [5.41, 5.74) is 2.21. The fourth-order valence-electron chi connectivity index (χ4n) is 2.91. The molecule has 3 rings (SSSR count). The molecular weight excluding hydrogens is 278 g/mol. The molecule has 5 nitrogen and oxygen atoms in total. The predicted octanol–water partition coefficient (Wildman–Crippen LogP) is 2.42. The van der Waals surface area contributed by atoms with E-state index >= 15 is 0 Å². The van der Waals surface area contributed by atoms with Crippen LogP contribution in [0.3, 0.4) is 0 Å². The number of hydrogen-bond donors (Lipinski definition) is 0. The molecule has 0 radical (unpaired) electrons. The van der Waals surface area contributed by atoms with E-state index in [1.807, 2.05) is 45.0 Å². The standard InChI is InChI=1S/C17H19N3O2/c1-11(2)20-16(21)9-8-14(18-20)17(22)19-12(3)10-13-6-4-5-7-15(13)19/h4-9,11-12H,10H2,1-3H3/t12-/m0/s1. The molecular formula is C17H19N3O2. The van der Waals surface area contributed by atoms with Crippen molar-refractivity contribution < 1.29 is 4.79 Å². The summed E-state index contributed by atoms with van der Waals surface area (Å²) < 4.78 is 1.35. The van der Waals surface area contributed by atoms with E-state index in [-0.39, 0.29) is 23.6 Å². The Kier molecular flexibility index (Phi) is 3.56. The van der Waals surface area contributed by atoms with Crippen molar-refractivity contribution in [3.05, 3.63) is 58.0 Å². The number of fused-ring (bicyclic) bond motifs is 1. The number of anilines is 1. The molecule has 5 heteroatoms. The maximum Gasteiger partial charge on any atom is 0.278 e. The zero-order valence-electron chi connectivity index (χ0n) is 13.0. The Bertz CT molecular complexity index is 779. The Hall–Kier alpha value is -2.43. The lowest BCUT2D eigenvalue weighted by Gasteiger charge is -2.22. The van der Waals surface area contributed by atoms with Gasteiger partial charge >= 0.3 is 0 Å². The third kappa shape index (κ3) is 2.32. The van der Waals surface area contributed by atoms with Crippen molar-refractivity contribution in [3.8, 4) is 0 Å². The molecule has 2 heterocycles. The SMILES string of the molecule is CC(C)n1nc(C(=O)N2c3ccccc3C[C@@H]2C)ccc1=O. The summed E-state index contributed by atoms with van der Waals surface area (Å²) in [7, 11) is 0. The van der Waals surface area contributed by atoms with Crippen molar-refractivity contribution in [1.29, 1.82) is 0 Å². The number of para-hydroxylation sites is 1. The minimum Gasteiger partial charge on any atom is -0.304 e. The molecule has 1 aromatic carbocycles. The first kappa shape index (κ1) is 14.5. The van der Waals surface area contributed by atoms with Gasteiger partial charge in [0.15, 0.2) is 0 Å². The van der Waals surface area contributed by atoms with Gasteiger partial charge < -0.3 is 4.90 Å². The minimum absolute atomic E-state index is 0.0801. The largest absolute Gasteiger partial charge is 0.304 e. The average Bonchev–Trinajstić information content (AvgIpc) is 2.82. The summed E-state index contributed by atoms with van der Waals surface area (Å²) in [6.07, 6.45) is 0.839. The fraction of sp³-hybridized carbons (Fsp3) is 0.353. The second-order valence-electron chi connectivity index (χ2n) is 5.95. The van der Waals surface area contributed by atoms with Crippen molar-refractivity contribution in [3.63, 3.8) is 0 Å². The number of amides is 1. The van der Waals surface area contributed by atoms with Crippen molar-refractivity contribution in [2.45, 2.75) is 39.3 Å². The van der Waals surface area contributed by atoms with Gasteiger partial charge in [0, 0.05) is 17.8 Å². The van der Waals surface area contributed by atoms with E-state index in [0.29, 0.717) is 5.69 Å². The number of nitrogens with zero attached hydrogens (tertiary/aromatic N) is 3. The topological polar surface area (TPSA) is 55.2 Å². The monoisotopic (exact) mass is 297 g/mol. The highest BCUT2D eigenvalue weighted by atomic mass is 16.2. The van der Waals surface area contributed by atoms with E-state index < -0.39 is 0 Å². The van der Waals surface area contributed by atoms with Gasteiger partial charge in [-0.25, -0.2) is 4.68 Å². The van der Waals surface area contributed by atoms with Gasteiger partial charge in [0.1, 0.15) is 5.69 Å². The molecule has 0 spiro atoms. The summed E-state index contributed by atoms with van der Waals surface area (Å²) in [6, 6.07) is 10.8. The zero-order valence-corrected chi connectivity index (χ0v) is 13.0. The van der Waals surface area contributed by atoms with Crippen LogP contribution in [0, 0.1) is 0 Å². The van der Waals surface area contributed by atoms with Gasteiger partial charge in [-0.2, -0.15) is 5.10 Å². The predicted molar refractivity (Wildman–Crippen MR) is 85.3 cm³/mol. The number of benzene rings is 1. The van der Waals surface area contributed by atoms with E-state index in [4.69, 9.17) is 0 Å². The normalized spacial score (nSPS) is 16.9. The van der Waals surface area contributed by atoms with Gasteiger partial charge in [-0.05, 0) is 44.9 Å². The lowest BCUT2D eigenvalue weighted by molar-refractivity contribution is 0.0974. The quantitative estimate of drug-likeness (QED) is 0.855. The smallest absolute Gasteiger partial charge is 0.278 e. The molecule has 0 saturated heterocycles. The maximum absolute atomic E-state index is 12.9. The Balaban J connectivity index is 2.02. The fourth-order valence-corrected chi connectivity index (χ4v) is 2.91. The van der Waals surface area contributed by atoms with Crippen LogP contribution in [-0.2, 0) is 6.42 Å². The Morgan fingerprint density at radius 1 is 1.23 bits per heavy atom. The van der Waals surface area contributed by atoms with E-state index in [1.54, 1.807) is 4.90 Å². The van der Waals surface area contributed by atoms with Gasteiger partial charge in [-0.15, -0.1) is 0 Å². The van der Waals surface area contributed by atoms with Gasteiger partial charge in [-0.3, -0.25) is 9.59 Å². The number of carbonyl (C=O) groups excluding carboxylic acids is 1. The van der Waals surface area contributed by atoms with Crippen LogP contribution in [0.1, 0.15) is 42.9 Å². The van der Waals surface area contributed by atoms with Crippen LogP contribution in [0.25, 0.3) is 0 Å². The molecule has 0 saturated carbocycles. The Morgan fingerprint density at radius 3 is 2.68 bits per heavy atom. The Morgan fingerprint density at radius 2 is 1.95 bits per heavy atom. The molecule has 0 unspecified atom stereocenters. The molecule has 22 heavy (non-hydrogen) atoms. The van der Waals surface area contributed by atoms with Crippen molar-refractivity contribution in [2.24, 2.45) is 0 Å². The van der Waals surface area contributed by atoms with Crippen LogP contribution in [0.2, 0.25) is 0 Å². The lowest BCUT2D eigenvalue weighted by Crippen LogP contribution is -2.37. The van der Waals surface area contributed by atoms with Crippen molar-refractivity contribution in [2.75, 3.05) is 4.90 Å². The molecule has 1 aliphatic rings. The summed E-state index contributed by atoms with van der Waals surface area (Å²) in [5, 5.41) is 4.24. The lowest BCUT2D eigenvalue weighted by atomic mass is 10.1. The van der Waals surface area contributed by atoms with Crippen molar-refractivity contribution in [1.82, 2.24) is 9.78 Å². The van der Waals surface area contributed by atoms with Gasteiger partial charge in [-0.1, -0.05) is 18.2 Å². The van der Waals surface area contributed by atoms with Crippen LogP contribution >= 0.6 is 0 Å². The van der Waals surface area contributed by atoms with E-state index in [9.17, 15) is 9.59 Å². The highest BCUT2D eigenvalue weighted by Gasteiger charge is 2.32. The summed E-state index contributed by atoms with van der Waals surface area (Å²) >= 11 is 0. The van der Waals surface area contributed by atoms with E-state index in [0.717, 1.165) is 12.1 Å². The highest BCUT2D eigenvalue weighted by Crippen LogP contribution is 2.32. The third-order valence-corrected chi connectivity index (χ3v) is 3.96. The number of carbonyl (C=O) groups is 1. The molecule has 114 valence electrons. The molecule has 0 bridgehead atoms. The first-order chi connectivity index (χ1) is 10.5. The maximum atomic E-state index is 12.9. The van der Waals surface area contributed by atoms with Crippen LogP contribution < -0.4 is 10.5 Å². The number of aromatic nitrogens is 2. The molecule has 0 N–H and O–H groups in total. The van der Waals surface area contributed by atoms with Crippen LogP contribution in [0.15, 0.2) is 41.2 Å². The number of hydrogen-bond acceptors (Lipinski definition) is 3. The summed E-state index contributed by atoms with van der Waals surface area (Å²) in [6.45, 7) is 5.77. The van der Waals surface area contributed by atoms with E-state index in [1.165, 1.54) is 22.4 Å². The minimum atomic E-state index is -0.193. The van der Waals surface area contributed by atoms with Crippen LogP contribution in [0.5, 0.6) is 0 Å². The van der Waals surface area contributed by atoms with E-state index in [2.05, 4.69) is 5.10 Å². The number of rotatable bonds is 2. The second-order valence-corrected chi connectivity index (χ2v) is 5.95. The molecule has 0 aliphatic carbocycles. The first-order valence-corrected chi connectivity index (χ1v) is 7.50. The van der Waals surface area contributed by atoms with Gasteiger partial charge in [0.2, 0.25) is 0 Å². The molecule has 1 aliphatic heterocycles. The first-order valence-electron chi connectivity index (χ1n) is 7.50. The molecule has 1 aromatic heterocycles. The molecule has 1 atom stereocenters. The average molecular weight is 297 g/mol. The van der Waals surface area contributed by atoms with Crippen LogP contribution in [-0.4, -0.2) is 21.7 Å². The van der Waals surface area contributed by atoms with Crippen LogP contribution in [0.4, 0.5) is 5.69 Å². The summed E-state index contributed by atoms with van der Waals surface area (Å²) in [5.74, 6) is -0.160. The molecule has 0 fully saturated rings. The Labute approximate surface area is 129 Å². The van der Waals surface area contributed by atoms with Gasteiger partial charge in [0.25, 0.3) is 11.5 Å². The molecule has 1 amide bonds. The highest BCUT2D eigenvalue weighted by molar-refractivity contribution is 6.06. The third-order valence-electron chi connectivity index (χ3n) is 3.96. The van der Waals surface area contributed by atoms with Crippen molar-refractivity contribution >= 4 is 11.6 Å². The zero-order chi connectivity index (χ0) is 15.9. The molecule has 2 aromatic rings.